The number of nitrogens with zero attached hydrogens (tertiary/aromatic N) is 1. The number of ether oxygens (including phenoxy) is 1. The van der Waals surface area contributed by atoms with E-state index >= 15 is 0 Å². The monoisotopic (exact) mass is 576 g/mol. The second-order valence-corrected chi connectivity index (χ2v) is 11.7. The number of phenols is 1. The van der Waals surface area contributed by atoms with Crippen LogP contribution in [0, 0.1) is 0 Å². The molecule has 0 fully saturated rings. The topological polar surface area (TPSA) is 140 Å². The average molecular weight is 577 g/mol. The van der Waals surface area contributed by atoms with Crippen LogP contribution in [-0.4, -0.2) is 61.2 Å². The molecule has 224 valence electrons. The first kappa shape index (κ1) is 31.0. The number of hydrogen-bond donors (Lipinski definition) is 5. The van der Waals surface area contributed by atoms with Gasteiger partial charge in [0, 0.05) is 13.0 Å². The van der Waals surface area contributed by atoms with Crippen LogP contribution in [0.5, 0.6) is 5.75 Å². The fourth-order valence-electron chi connectivity index (χ4n) is 5.36. The summed E-state index contributed by atoms with van der Waals surface area (Å²) in [6.07, 6.45) is -3.92. The summed E-state index contributed by atoms with van der Waals surface area (Å²) >= 11 is 0. The summed E-state index contributed by atoms with van der Waals surface area (Å²) in [5.74, 6) is -0.319. The molecule has 4 rings (SSSR count). The number of carbonyl (C=O) groups is 2. The highest BCUT2D eigenvalue weighted by atomic mass is 16.6. The fraction of sp³-hybridized carbons (Fsp3) is 0.394. The molecule has 0 saturated carbocycles. The van der Waals surface area contributed by atoms with Gasteiger partial charge in [0.2, 0.25) is 5.91 Å². The number of nitrogens with one attached hydrogen (secondary N) is 1. The van der Waals surface area contributed by atoms with Crippen molar-refractivity contribution in [2.75, 3.05) is 0 Å². The number of phenolic OH excluding ortho intramolecular Hbond substituents is 1. The van der Waals surface area contributed by atoms with Crippen LogP contribution in [0.15, 0.2) is 78.9 Å². The molecular weight excluding hydrogens is 536 g/mol. The number of amides is 2. The zero-order valence-electron chi connectivity index (χ0n) is 24.2. The Kier molecular flexibility index (Phi) is 9.88. The van der Waals surface area contributed by atoms with Crippen molar-refractivity contribution in [3.8, 4) is 5.75 Å². The highest BCUT2D eigenvalue weighted by Gasteiger charge is 2.43. The zero-order chi connectivity index (χ0) is 30.4. The van der Waals surface area contributed by atoms with Crippen molar-refractivity contribution < 1.29 is 34.8 Å². The zero-order valence-corrected chi connectivity index (χ0v) is 24.2. The minimum absolute atomic E-state index is 0.0235. The minimum atomic E-state index is -1.26. The van der Waals surface area contributed by atoms with Gasteiger partial charge in [-0.15, -0.1) is 0 Å². The van der Waals surface area contributed by atoms with Crippen LogP contribution in [0.3, 0.4) is 0 Å². The number of fused-ring (bicyclic) bond motifs is 1. The third kappa shape index (κ3) is 7.88. The van der Waals surface area contributed by atoms with Gasteiger partial charge < -0.3 is 35.4 Å². The Labute approximate surface area is 246 Å². The lowest BCUT2D eigenvalue weighted by Gasteiger charge is -2.33. The second kappa shape index (κ2) is 13.4. The number of rotatable bonds is 10. The maximum absolute atomic E-state index is 13.8. The van der Waals surface area contributed by atoms with E-state index < -0.39 is 42.1 Å². The van der Waals surface area contributed by atoms with Crippen LogP contribution < -0.4 is 5.32 Å². The Hall–Kier alpha value is -3.92. The van der Waals surface area contributed by atoms with Gasteiger partial charge >= 0.3 is 6.09 Å². The summed E-state index contributed by atoms with van der Waals surface area (Å²) in [4.78, 5) is 27.9. The molecule has 0 aromatic heterocycles. The molecule has 2 amide bonds. The van der Waals surface area contributed by atoms with Gasteiger partial charge in [0.15, 0.2) is 0 Å². The summed E-state index contributed by atoms with van der Waals surface area (Å²) in [5.41, 5.74) is 2.00. The summed E-state index contributed by atoms with van der Waals surface area (Å²) in [7, 11) is 0. The van der Waals surface area contributed by atoms with Gasteiger partial charge in [0.05, 0.1) is 18.2 Å². The maximum Gasteiger partial charge on any atom is 0.407 e. The molecule has 0 aliphatic heterocycles. The van der Waals surface area contributed by atoms with E-state index in [2.05, 4.69) is 5.32 Å². The van der Waals surface area contributed by atoms with Crippen molar-refractivity contribution in [3.63, 3.8) is 0 Å². The first-order valence-corrected chi connectivity index (χ1v) is 14.2. The highest BCUT2D eigenvalue weighted by Crippen LogP contribution is 2.43. The van der Waals surface area contributed by atoms with Crippen molar-refractivity contribution in [2.45, 2.75) is 82.6 Å². The summed E-state index contributed by atoms with van der Waals surface area (Å²) in [6, 6.07) is 21.4. The number of alkyl carbamates (subject to hydrolysis) is 1. The third-order valence-electron chi connectivity index (χ3n) is 7.32. The normalized spacial score (nSPS) is 19.4. The summed E-state index contributed by atoms with van der Waals surface area (Å²) in [6.45, 7) is 5.32. The molecule has 0 unspecified atom stereocenters. The van der Waals surface area contributed by atoms with Crippen LogP contribution in [0.4, 0.5) is 4.79 Å². The van der Waals surface area contributed by atoms with Gasteiger partial charge in [-0.25, -0.2) is 4.79 Å². The molecule has 3 aromatic carbocycles. The van der Waals surface area contributed by atoms with Crippen LogP contribution >= 0.6 is 0 Å². The van der Waals surface area contributed by atoms with Gasteiger partial charge in [-0.3, -0.25) is 4.79 Å². The third-order valence-corrected chi connectivity index (χ3v) is 7.32. The predicted molar refractivity (Wildman–Crippen MR) is 157 cm³/mol. The van der Waals surface area contributed by atoms with E-state index in [4.69, 9.17) is 4.74 Å². The van der Waals surface area contributed by atoms with E-state index in [1.54, 1.807) is 63.2 Å². The van der Waals surface area contributed by atoms with Crippen molar-refractivity contribution in [1.29, 1.82) is 0 Å². The maximum atomic E-state index is 13.8. The standard InChI is InChI=1S/C33H40N2O7/c1-33(2,3)42-32(41)34-26(19-21-10-5-4-6-11-21)27(37)16-17-28(38)35(20-22-12-9-13-23(36)18-22)29-24-14-7-8-15-25(24)30(39)31(29)40/h4-15,18,26-27,29-31,36-37,39-40H,16-17,19-20H2,1-3H3,(H,34,41)/t26-,27-,29-,30+,31-/m0/s1. The van der Waals surface area contributed by atoms with Gasteiger partial charge in [0.1, 0.15) is 23.6 Å². The fourth-order valence-corrected chi connectivity index (χ4v) is 5.36. The lowest BCUT2D eigenvalue weighted by Crippen LogP contribution is -2.47. The Morgan fingerprint density at radius 2 is 1.57 bits per heavy atom. The van der Waals surface area contributed by atoms with Gasteiger partial charge in [-0.05, 0) is 68.0 Å². The number of carbonyl (C=O) groups excluding carboxylic acids is 2. The largest absolute Gasteiger partial charge is 0.508 e. The molecule has 1 aliphatic carbocycles. The molecule has 0 saturated heterocycles. The van der Waals surface area contributed by atoms with Crippen molar-refractivity contribution in [2.24, 2.45) is 0 Å². The Bertz CT molecular complexity index is 1360. The molecule has 0 spiro atoms. The SMILES string of the molecule is CC(C)(C)OC(=O)N[C@@H](Cc1ccccc1)[C@@H](O)CCC(=O)N(Cc1cccc(O)c1)[C@H]1c2ccccc2[C@@H](O)[C@H]1O. The predicted octanol–water partition coefficient (Wildman–Crippen LogP) is 4.15. The minimum Gasteiger partial charge on any atom is -0.508 e. The van der Waals surface area contributed by atoms with Crippen molar-refractivity contribution in [3.05, 3.63) is 101 Å². The molecular formula is C33H40N2O7. The molecule has 3 aromatic rings. The van der Waals surface area contributed by atoms with E-state index in [9.17, 15) is 30.0 Å². The number of aliphatic hydroxyl groups excluding tert-OH is 3. The van der Waals surface area contributed by atoms with E-state index in [0.29, 0.717) is 23.1 Å². The molecule has 5 atom stereocenters. The van der Waals surface area contributed by atoms with Crippen LogP contribution in [0.25, 0.3) is 0 Å². The van der Waals surface area contributed by atoms with Gasteiger partial charge in [-0.2, -0.15) is 0 Å². The van der Waals surface area contributed by atoms with Crippen molar-refractivity contribution in [1.82, 2.24) is 10.2 Å². The van der Waals surface area contributed by atoms with Crippen LogP contribution in [0.1, 0.15) is 68.0 Å². The lowest BCUT2D eigenvalue weighted by molar-refractivity contribution is -0.139. The van der Waals surface area contributed by atoms with E-state index in [1.807, 2.05) is 30.3 Å². The van der Waals surface area contributed by atoms with E-state index in [1.165, 1.54) is 11.0 Å². The molecule has 0 radical (unpaired) electrons. The number of aliphatic hydroxyl groups is 3. The van der Waals surface area contributed by atoms with Crippen molar-refractivity contribution >= 4 is 12.0 Å². The lowest BCUT2D eigenvalue weighted by atomic mass is 9.97. The Morgan fingerprint density at radius 3 is 2.24 bits per heavy atom. The molecule has 9 nitrogen and oxygen atoms in total. The average Bonchev–Trinajstić information content (AvgIpc) is 3.19. The Morgan fingerprint density at radius 1 is 0.929 bits per heavy atom. The highest BCUT2D eigenvalue weighted by molar-refractivity contribution is 5.77. The Balaban J connectivity index is 1.54. The van der Waals surface area contributed by atoms with Crippen LogP contribution in [-0.2, 0) is 22.5 Å². The van der Waals surface area contributed by atoms with Crippen LogP contribution in [0.2, 0.25) is 0 Å². The molecule has 0 heterocycles. The molecule has 1 aliphatic rings. The first-order chi connectivity index (χ1) is 19.9. The molecule has 42 heavy (non-hydrogen) atoms. The van der Waals surface area contributed by atoms with E-state index in [0.717, 1.165) is 5.56 Å². The van der Waals surface area contributed by atoms with Gasteiger partial charge in [0.25, 0.3) is 0 Å². The second-order valence-electron chi connectivity index (χ2n) is 11.7. The molecule has 9 heteroatoms. The van der Waals surface area contributed by atoms with E-state index in [-0.39, 0.29) is 31.0 Å². The smallest absolute Gasteiger partial charge is 0.407 e. The summed E-state index contributed by atoms with van der Waals surface area (Å²) < 4.78 is 5.41. The number of aromatic hydroxyl groups is 1. The number of hydrogen-bond acceptors (Lipinski definition) is 7. The number of benzene rings is 3. The quantitative estimate of drug-likeness (QED) is 0.244. The molecule has 0 bridgehead atoms. The molecule has 5 N–H and O–H groups in total. The summed E-state index contributed by atoms with van der Waals surface area (Å²) in [5, 5.41) is 45.8. The first-order valence-electron chi connectivity index (χ1n) is 14.2. The van der Waals surface area contributed by atoms with Gasteiger partial charge in [-0.1, -0.05) is 66.7 Å².